The lowest BCUT2D eigenvalue weighted by molar-refractivity contribution is -0.143. The van der Waals surface area contributed by atoms with Crippen molar-refractivity contribution in [1.82, 2.24) is 4.90 Å². The highest BCUT2D eigenvalue weighted by Crippen LogP contribution is 2.29. The normalized spacial score (nSPS) is 28.3. The zero-order chi connectivity index (χ0) is 15.2. The van der Waals surface area contributed by atoms with Crippen LogP contribution < -0.4 is 0 Å². The molecule has 0 bridgehead atoms. The second-order valence-electron chi connectivity index (χ2n) is 6.58. The molecule has 2 fully saturated rings. The SMILES string of the molecule is CCCN(CC(O)CC1CCCC1)C1COCC1C(=O)O. The molecule has 0 aromatic heterocycles. The Morgan fingerprint density at radius 3 is 2.67 bits per heavy atom. The third-order valence-corrected chi connectivity index (χ3v) is 4.87. The summed E-state index contributed by atoms with van der Waals surface area (Å²) in [6, 6.07) is -0.0966. The van der Waals surface area contributed by atoms with Crippen LogP contribution in [0.25, 0.3) is 0 Å². The highest BCUT2D eigenvalue weighted by Gasteiger charge is 2.38. The lowest BCUT2D eigenvalue weighted by Gasteiger charge is -2.32. The third-order valence-electron chi connectivity index (χ3n) is 4.87. The van der Waals surface area contributed by atoms with Gasteiger partial charge in [-0.1, -0.05) is 32.6 Å². The van der Waals surface area contributed by atoms with Crippen molar-refractivity contribution >= 4 is 5.97 Å². The fourth-order valence-corrected chi connectivity index (χ4v) is 3.79. The Kier molecular flexibility index (Phi) is 6.45. The van der Waals surface area contributed by atoms with Crippen molar-refractivity contribution in [3.05, 3.63) is 0 Å². The average molecular weight is 299 g/mol. The number of aliphatic carboxylic acids is 1. The topological polar surface area (TPSA) is 70.0 Å². The number of hydrogen-bond donors (Lipinski definition) is 2. The van der Waals surface area contributed by atoms with E-state index >= 15 is 0 Å². The molecular formula is C16H29NO4. The van der Waals surface area contributed by atoms with E-state index in [0.717, 1.165) is 19.4 Å². The molecule has 0 amide bonds. The number of hydrogen-bond acceptors (Lipinski definition) is 4. The monoisotopic (exact) mass is 299 g/mol. The maximum Gasteiger partial charge on any atom is 0.310 e. The van der Waals surface area contributed by atoms with Gasteiger partial charge in [-0.15, -0.1) is 0 Å². The molecule has 3 atom stereocenters. The summed E-state index contributed by atoms with van der Waals surface area (Å²) in [5.74, 6) is -0.599. The smallest absolute Gasteiger partial charge is 0.310 e. The minimum Gasteiger partial charge on any atom is -0.481 e. The maximum atomic E-state index is 11.3. The first kappa shape index (κ1) is 16.7. The van der Waals surface area contributed by atoms with Crippen LogP contribution in [0.5, 0.6) is 0 Å². The minimum absolute atomic E-state index is 0.0966. The minimum atomic E-state index is -0.788. The van der Waals surface area contributed by atoms with Crippen LogP contribution in [0.4, 0.5) is 0 Å². The molecule has 0 aromatic carbocycles. The van der Waals surface area contributed by atoms with E-state index < -0.39 is 11.9 Å². The maximum absolute atomic E-state index is 11.3. The Balaban J connectivity index is 1.89. The van der Waals surface area contributed by atoms with Crippen LogP contribution in [0, 0.1) is 11.8 Å². The van der Waals surface area contributed by atoms with Gasteiger partial charge in [0.1, 0.15) is 0 Å². The van der Waals surface area contributed by atoms with Gasteiger partial charge in [-0.2, -0.15) is 0 Å². The number of rotatable bonds is 8. The van der Waals surface area contributed by atoms with Crippen molar-refractivity contribution in [3.8, 4) is 0 Å². The molecule has 1 heterocycles. The second kappa shape index (κ2) is 8.11. The zero-order valence-electron chi connectivity index (χ0n) is 13.0. The van der Waals surface area contributed by atoms with Crippen molar-refractivity contribution in [3.63, 3.8) is 0 Å². The first-order valence-corrected chi connectivity index (χ1v) is 8.34. The van der Waals surface area contributed by atoms with Crippen molar-refractivity contribution in [2.75, 3.05) is 26.3 Å². The van der Waals surface area contributed by atoms with Gasteiger partial charge in [0, 0.05) is 12.6 Å². The Morgan fingerprint density at radius 2 is 2.05 bits per heavy atom. The highest BCUT2D eigenvalue weighted by molar-refractivity contribution is 5.71. The summed E-state index contributed by atoms with van der Waals surface area (Å²) >= 11 is 0. The van der Waals surface area contributed by atoms with Crippen LogP contribution >= 0.6 is 0 Å². The fourth-order valence-electron chi connectivity index (χ4n) is 3.79. The van der Waals surface area contributed by atoms with Crippen LogP contribution in [-0.4, -0.2) is 59.5 Å². The lowest BCUT2D eigenvalue weighted by atomic mass is 9.97. The number of aliphatic hydroxyl groups excluding tert-OH is 1. The predicted octanol–water partition coefficient (Wildman–Crippen LogP) is 1.74. The van der Waals surface area contributed by atoms with E-state index in [1.54, 1.807) is 0 Å². The standard InChI is InChI=1S/C16H29NO4/c1-2-7-17(15-11-21-10-14(15)16(19)20)9-13(18)8-12-5-3-4-6-12/h12-15,18H,2-11H2,1H3,(H,19,20). The zero-order valence-corrected chi connectivity index (χ0v) is 13.0. The van der Waals surface area contributed by atoms with E-state index in [1.165, 1.54) is 25.7 Å². The molecule has 122 valence electrons. The van der Waals surface area contributed by atoms with E-state index in [-0.39, 0.29) is 12.1 Å². The number of nitrogens with zero attached hydrogens (tertiary/aromatic N) is 1. The first-order chi connectivity index (χ1) is 10.1. The summed E-state index contributed by atoms with van der Waals surface area (Å²) in [4.78, 5) is 13.4. The van der Waals surface area contributed by atoms with Crippen LogP contribution in [0.3, 0.4) is 0 Å². The van der Waals surface area contributed by atoms with Crippen LogP contribution in [0.15, 0.2) is 0 Å². The van der Waals surface area contributed by atoms with Crippen molar-refractivity contribution in [1.29, 1.82) is 0 Å². The van der Waals surface area contributed by atoms with E-state index in [2.05, 4.69) is 11.8 Å². The van der Waals surface area contributed by atoms with Crippen molar-refractivity contribution in [2.45, 2.75) is 57.6 Å². The third kappa shape index (κ3) is 4.66. The van der Waals surface area contributed by atoms with Gasteiger partial charge < -0.3 is 14.9 Å². The van der Waals surface area contributed by atoms with Gasteiger partial charge in [-0.05, 0) is 25.3 Å². The summed E-state index contributed by atoms with van der Waals surface area (Å²) in [7, 11) is 0. The first-order valence-electron chi connectivity index (χ1n) is 8.34. The van der Waals surface area contributed by atoms with Gasteiger partial charge in [0.25, 0.3) is 0 Å². The van der Waals surface area contributed by atoms with E-state index in [4.69, 9.17) is 4.74 Å². The molecule has 3 unspecified atom stereocenters. The molecule has 1 saturated carbocycles. The molecule has 2 aliphatic rings. The van der Waals surface area contributed by atoms with Gasteiger partial charge in [0.15, 0.2) is 0 Å². The molecular weight excluding hydrogens is 270 g/mol. The summed E-state index contributed by atoms with van der Waals surface area (Å²) in [6.45, 7) is 4.23. The largest absolute Gasteiger partial charge is 0.481 e. The van der Waals surface area contributed by atoms with Crippen molar-refractivity contribution in [2.24, 2.45) is 11.8 Å². The van der Waals surface area contributed by atoms with Crippen LogP contribution in [0.1, 0.15) is 45.4 Å². The van der Waals surface area contributed by atoms with Crippen LogP contribution in [0.2, 0.25) is 0 Å². The van der Waals surface area contributed by atoms with Gasteiger partial charge in [-0.3, -0.25) is 9.69 Å². The fraction of sp³-hybridized carbons (Fsp3) is 0.938. The van der Waals surface area contributed by atoms with Gasteiger partial charge in [0.05, 0.1) is 25.2 Å². The molecule has 0 spiro atoms. The highest BCUT2D eigenvalue weighted by atomic mass is 16.5. The lowest BCUT2D eigenvalue weighted by Crippen LogP contribution is -2.47. The number of carboxylic acid groups (broad SMARTS) is 1. The molecule has 2 rings (SSSR count). The quantitative estimate of drug-likeness (QED) is 0.714. The number of carboxylic acids is 1. The summed E-state index contributed by atoms with van der Waals surface area (Å²) in [6.07, 6.45) is 6.49. The number of aliphatic hydroxyl groups is 1. The molecule has 1 aliphatic heterocycles. The van der Waals surface area contributed by atoms with E-state index in [0.29, 0.717) is 25.7 Å². The molecule has 5 heteroatoms. The molecule has 2 N–H and O–H groups in total. The van der Waals surface area contributed by atoms with E-state index in [9.17, 15) is 15.0 Å². The summed E-state index contributed by atoms with van der Waals surface area (Å²) < 4.78 is 5.37. The number of ether oxygens (including phenoxy) is 1. The second-order valence-corrected chi connectivity index (χ2v) is 6.58. The molecule has 0 radical (unpaired) electrons. The Morgan fingerprint density at radius 1 is 1.33 bits per heavy atom. The summed E-state index contributed by atoms with van der Waals surface area (Å²) in [5.41, 5.74) is 0. The van der Waals surface area contributed by atoms with Crippen molar-refractivity contribution < 1.29 is 19.7 Å². The summed E-state index contributed by atoms with van der Waals surface area (Å²) in [5, 5.41) is 19.7. The van der Waals surface area contributed by atoms with Crippen LogP contribution in [-0.2, 0) is 9.53 Å². The van der Waals surface area contributed by atoms with Gasteiger partial charge in [-0.25, -0.2) is 0 Å². The molecule has 21 heavy (non-hydrogen) atoms. The predicted molar refractivity (Wildman–Crippen MR) is 80.2 cm³/mol. The number of carbonyl (C=O) groups is 1. The van der Waals surface area contributed by atoms with Gasteiger partial charge >= 0.3 is 5.97 Å². The molecule has 1 saturated heterocycles. The van der Waals surface area contributed by atoms with E-state index in [1.807, 2.05) is 0 Å². The molecule has 1 aliphatic carbocycles. The van der Waals surface area contributed by atoms with Gasteiger partial charge in [0.2, 0.25) is 0 Å². The average Bonchev–Trinajstić information content (AvgIpc) is 3.08. The Labute approximate surface area is 127 Å². The Hall–Kier alpha value is -0.650. The molecule has 5 nitrogen and oxygen atoms in total. The Bertz CT molecular complexity index is 330. The molecule has 0 aromatic rings.